The topological polar surface area (TPSA) is 20.2 Å². The van der Waals surface area contributed by atoms with E-state index in [1.807, 2.05) is 0 Å². The van der Waals surface area contributed by atoms with Gasteiger partial charge in [-0.2, -0.15) is 0 Å². The van der Waals surface area contributed by atoms with E-state index in [1.165, 1.54) is 0 Å². The predicted molar refractivity (Wildman–Crippen MR) is 33.6 cm³/mol. The molecule has 0 spiro atoms. The molecule has 1 aliphatic carbocycles. The van der Waals surface area contributed by atoms with Crippen LogP contribution in [-0.4, -0.2) is 10.7 Å². The van der Waals surface area contributed by atoms with Gasteiger partial charge in [-0.15, -0.1) is 0 Å². The third-order valence-electron chi connectivity index (χ3n) is 2.10. The Balaban J connectivity index is 2.25. The first-order valence-electron chi connectivity index (χ1n) is 3.41. The Morgan fingerprint density at radius 2 is 2.25 bits per heavy atom. The fourth-order valence-corrected chi connectivity index (χ4v) is 1.25. The molecule has 8 heavy (non-hydrogen) atoms. The first-order valence-corrected chi connectivity index (χ1v) is 3.41. The largest absolute Gasteiger partial charge is 0.390 e. The zero-order valence-electron chi connectivity index (χ0n) is 5.65. The highest BCUT2D eigenvalue weighted by atomic mass is 16.3. The average Bonchev–Trinajstić information content (AvgIpc) is 2.16. The SMILES string of the molecule is CCCC1(O)CC1C. The highest BCUT2D eigenvalue weighted by molar-refractivity contribution is 4.99. The molecule has 1 fully saturated rings. The number of rotatable bonds is 2. The fraction of sp³-hybridized carbons (Fsp3) is 1.00. The first kappa shape index (κ1) is 6.09. The number of aliphatic hydroxyl groups is 1. The minimum atomic E-state index is -0.241. The maximum absolute atomic E-state index is 9.40. The zero-order chi connectivity index (χ0) is 6.20. The van der Waals surface area contributed by atoms with Crippen LogP contribution >= 0.6 is 0 Å². The quantitative estimate of drug-likeness (QED) is 0.577. The van der Waals surface area contributed by atoms with Gasteiger partial charge in [-0.05, 0) is 18.8 Å². The summed E-state index contributed by atoms with van der Waals surface area (Å²) in [4.78, 5) is 0. The van der Waals surface area contributed by atoms with Gasteiger partial charge in [0.2, 0.25) is 0 Å². The molecule has 0 radical (unpaired) electrons. The summed E-state index contributed by atoms with van der Waals surface area (Å²) in [5.41, 5.74) is -0.241. The lowest BCUT2D eigenvalue weighted by Gasteiger charge is -2.03. The molecule has 0 aromatic rings. The van der Waals surface area contributed by atoms with Crippen molar-refractivity contribution < 1.29 is 5.11 Å². The zero-order valence-corrected chi connectivity index (χ0v) is 5.65. The average molecular weight is 114 g/mol. The van der Waals surface area contributed by atoms with Gasteiger partial charge in [-0.3, -0.25) is 0 Å². The number of hydrogen-bond donors (Lipinski definition) is 1. The van der Waals surface area contributed by atoms with Gasteiger partial charge in [0, 0.05) is 0 Å². The van der Waals surface area contributed by atoms with E-state index < -0.39 is 0 Å². The van der Waals surface area contributed by atoms with Crippen LogP contribution in [0.1, 0.15) is 33.1 Å². The van der Waals surface area contributed by atoms with Gasteiger partial charge in [0.15, 0.2) is 0 Å². The van der Waals surface area contributed by atoms with Gasteiger partial charge in [-0.25, -0.2) is 0 Å². The molecule has 1 nitrogen and oxygen atoms in total. The van der Waals surface area contributed by atoms with Crippen LogP contribution in [0.25, 0.3) is 0 Å². The first-order chi connectivity index (χ1) is 3.69. The second kappa shape index (κ2) is 1.73. The lowest BCUT2D eigenvalue weighted by atomic mass is 10.1. The van der Waals surface area contributed by atoms with E-state index >= 15 is 0 Å². The Morgan fingerprint density at radius 1 is 1.75 bits per heavy atom. The van der Waals surface area contributed by atoms with Crippen LogP contribution in [0.15, 0.2) is 0 Å². The van der Waals surface area contributed by atoms with Gasteiger partial charge in [0.1, 0.15) is 0 Å². The molecule has 1 aliphatic rings. The summed E-state index contributed by atoms with van der Waals surface area (Å²) in [5.74, 6) is 0.572. The van der Waals surface area contributed by atoms with Crippen molar-refractivity contribution in [3.05, 3.63) is 0 Å². The van der Waals surface area contributed by atoms with E-state index in [1.54, 1.807) is 0 Å². The Hall–Kier alpha value is -0.0400. The fourth-order valence-electron chi connectivity index (χ4n) is 1.25. The normalized spacial score (nSPS) is 44.6. The van der Waals surface area contributed by atoms with Crippen molar-refractivity contribution in [3.8, 4) is 0 Å². The lowest BCUT2D eigenvalue weighted by Crippen LogP contribution is -2.08. The summed E-state index contributed by atoms with van der Waals surface area (Å²) in [6.45, 7) is 4.22. The van der Waals surface area contributed by atoms with Gasteiger partial charge >= 0.3 is 0 Å². The molecular formula is C7H14O. The predicted octanol–water partition coefficient (Wildman–Crippen LogP) is 1.56. The van der Waals surface area contributed by atoms with Crippen molar-refractivity contribution in [2.45, 2.75) is 38.7 Å². The maximum Gasteiger partial charge on any atom is 0.0677 e. The van der Waals surface area contributed by atoms with Crippen LogP contribution in [0.2, 0.25) is 0 Å². The standard InChI is InChI=1S/C7H14O/c1-3-4-7(8)5-6(7)2/h6,8H,3-5H2,1-2H3. The number of hydrogen-bond acceptors (Lipinski definition) is 1. The van der Waals surface area contributed by atoms with E-state index in [9.17, 15) is 5.11 Å². The van der Waals surface area contributed by atoms with Crippen molar-refractivity contribution >= 4 is 0 Å². The van der Waals surface area contributed by atoms with Crippen LogP contribution in [0.5, 0.6) is 0 Å². The summed E-state index contributed by atoms with van der Waals surface area (Å²) in [7, 11) is 0. The van der Waals surface area contributed by atoms with Gasteiger partial charge < -0.3 is 5.11 Å². The van der Waals surface area contributed by atoms with Crippen LogP contribution in [-0.2, 0) is 0 Å². The molecule has 0 amide bonds. The van der Waals surface area contributed by atoms with Crippen LogP contribution < -0.4 is 0 Å². The van der Waals surface area contributed by atoms with E-state index in [4.69, 9.17) is 0 Å². The van der Waals surface area contributed by atoms with E-state index in [2.05, 4.69) is 13.8 Å². The van der Waals surface area contributed by atoms with Crippen LogP contribution in [0.3, 0.4) is 0 Å². The van der Waals surface area contributed by atoms with Gasteiger partial charge in [0.05, 0.1) is 5.60 Å². The molecule has 0 heterocycles. The van der Waals surface area contributed by atoms with Crippen molar-refractivity contribution in [1.29, 1.82) is 0 Å². The minimum Gasteiger partial charge on any atom is -0.390 e. The highest BCUT2D eigenvalue weighted by Crippen LogP contribution is 2.45. The molecule has 2 atom stereocenters. The van der Waals surface area contributed by atoms with Gasteiger partial charge in [-0.1, -0.05) is 20.3 Å². The van der Waals surface area contributed by atoms with E-state index in [-0.39, 0.29) is 5.60 Å². The molecule has 0 aromatic carbocycles. The summed E-state index contributed by atoms with van der Waals surface area (Å²) in [6.07, 6.45) is 3.13. The Labute approximate surface area is 50.7 Å². The Morgan fingerprint density at radius 3 is 2.38 bits per heavy atom. The third-order valence-corrected chi connectivity index (χ3v) is 2.10. The lowest BCUT2D eigenvalue weighted by molar-refractivity contribution is 0.123. The molecule has 0 bridgehead atoms. The van der Waals surface area contributed by atoms with E-state index in [0.29, 0.717) is 5.92 Å². The van der Waals surface area contributed by atoms with Gasteiger partial charge in [0.25, 0.3) is 0 Å². The molecule has 1 N–H and O–H groups in total. The molecule has 48 valence electrons. The minimum absolute atomic E-state index is 0.241. The summed E-state index contributed by atoms with van der Waals surface area (Å²) < 4.78 is 0. The summed E-state index contributed by atoms with van der Waals surface area (Å²) >= 11 is 0. The molecule has 0 aromatic heterocycles. The van der Waals surface area contributed by atoms with Crippen LogP contribution in [0, 0.1) is 5.92 Å². The van der Waals surface area contributed by atoms with Crippen molar-refractivity contribution in [2.75, 3.05) is 0 Å². The van der Waals surface area contributed by atoms with E-state index in [0.717, 1.165) is 19.3 Å². The molecule has 1 heteroatoms. The summed E-state index contributed by atoms with van der Waals surface area (Å²) in [6, 6.07) is 0. The maximum atomic E-state index is 9.40. The smallest absolute Gasteiger partial charge is 0.0677 e. The van der Waals surface area contributed by atoms with Crippen LogP contribution in [0.4, 0.5) is 0 Å². The molecule has 2 unspecified atom stereocenters. The van der Waals surface area contributed by atoms with Crippen molar-refractivity contribution in [3.63, 3.8) is 0 Å². The molecular weight excluding hydrogens is 100 g/mol. The highest BCUT2D eigenvalue weighted by Gasteiger charge is 2.48. The molecule has 0 saturated heterocycles. The van der Waals surface area contributed by atoms with Crippen molar-refractivity contribution in [1.82, 2.24) is 0 Å². The summed E-state index contributed by atoms with van der Waals surface area (Å²) in [5, 5.41) is 9.40. The monoisotopic (exact) mass is 114 g/mol. The second-order valence-electron chi connectivity index (χ2n) is 2.96. The Bertz CT molecular complexity index is 90.4. The Kier molecular flexibility index (Phi) is 1.31. The van der Waals surface area contributed by atoms with Crippen molar-refractivity contribution in [2.24, 2.45) is 5.92 Å². The molecule has 1 rings (SSSR count). The molecule has 1 saturated carbocycles. The molecule has 0 aliphatic heterocycles. The third kappa shape index (κ3) is 0.873. The second-order valence-corrected chi connectivity index (χ2v) is 2.96.